The summed E-state index contributed by atoms with van der Waals surface area (Å²) >= 11 is 3.20. The summed E-state index contributed by atoms with van der Waals surface area (Å²) in [6.45, 7) is 6.07. The molecule has 1 aromatic carbocycles. The summed E-state index contributed by atoms with van der Waals surface area (Å²) in [5, 5.41) is 2.86. The van der Waals surface area contributed by atoms with Crippen molar-refractivity contribution in [2.75, 3.05) is 0 Å². The van der Waals surface area contributed by atoms with E-state index in [-0.39, 0.29) is 17.5 Å². The standard InChI is InChI=1S/C13H17BrFNO/c1-4-11(8(2)3)16-13(17)12-9(14)6-5-7-10(12)15/h5-8,11H,4H2,1-3H3,(H,16,17). The Hall–Kier alpha value is -0.900. The Morgan fingerprint density at radius 2 is 2.12 bits per heavy atom. The molecular weight excluding hydrogens is 285 g/mol. The van der Waals surface area contributed by atoms with Crippen LogP contribution in [-0.2, 0) is 0 Å². The molecule has 0 heterocycles. The molecule has 0 aliphatic heterocycles. The molecule has 1 N–H and O–H groups in total. The van der Waals surface area contributed by atoms with Crippen molar-refractivity contribution in [1.82, 2.24) is 5.32 Å². The highest BCUT2D eigenvalue weighted by Gasteiger charge is 2.19. The smallest absolute Gasteiger partial charge is 0.255 e. The van der Waals surface area contributed by atoms with Crippen LogP contribution in [0.2, 0.25) is 0 Å². The van der Waals surface area contributed by atoms with E-state index in [0.29, 0.717) is 10.4 Å². The molecule has 2 nitrogen and oxygen atoms in total. The summed E-state index contributed by atoms with van der Waals surface area (Å²) in [7, 11) is 0. The maximum Gasteiger partial charge on any atom is 0.255 e. The Morgan fingerprint density at radius 1 is 1.47 bits per heavy atom. The first-order valence-corrected chi connectivity index (χ1v) is 6.51. The number of carbonyl (C=O) groups is 1. The van der Waals surface area contributed by atoms with Gasteiger partial charge in [0.25, 0.3) is 5.91 Å². The van der Waals surface area contributed by atoms with Crippen LogP contribution >= 0.6 is 15.9 Å². The van der Waals surface area contributed by atoms with Gasteiger partial charge < -0.3 is 5.32 Å². The van der Waals surface area contributed by atoms with Gasteiger partial charge in [-0.1, -0.05) is 26.8 Å². The molecule has 1 unspecified atom stereocenters. The Kier molecular flexibility index (Phi) is 5.12. The monoisotopic (exact) mass is 301 g/mol. The van der Waals surface area contributed by atoms with Gasteiger partial charge in [-0.3, -0.25) is 4.79 Å². The second-order valence-corrected chi connectivity index (χ2v) is 5.18. The van der Waals surface area contributed by atoms with E-state index in [4.69, 9.17) is 0 Å². The van der Waals surface area contributed by atoms with Gasteiger partial charge in [0, 0.05) is 10.5 Å². The minimum Gasteiger partial charge on any atom is -0.349 e. The molecule has 0 radical (unpaired) electrons. The van der Waals surface area contributed by atoms with Crippen LogP contribution in [-0.4, -0.2) is 11.9 Å². The fourth-order valence-electron chi connectivity index (χ4n) is 1.70. The van der Waals surface area contributed by atoms with E-state index in [1.807, 2.05) is 20.8 Å². The third kappa shape index (κ3) is 3.53. The van der Waals surface area contributed by atoms with Gasteiger partial charge in [-0.15, -0.1) is 0 Å². The lowest BCUT2D eigenvalue weighted by atomic mass is 10.0. The van der Waals surface area contributed by atoms with Crippen LogP contribution in [0.5, 0.6) is 0 Å². The van der Waals surface area contributed by atoms with Crippen molar-refractivity contribution in [3.8, 4) is 0 Å². The molecule has 1 atom stereocenters. The molecule has 94 valence electrons. The molecule has 0 aliphatic carbocycles. The van der Waals surface area contributed by atoms with E-state index in [2.05, 4.69) is 21.2 Å². The Bertz CT molecular complexity index is 386. The van der Waals surface area contributed by atoms with Crippen molar-refractivity contribution in [2.24, 2.45) is 5.92 Å². The topological polar surface area (TPSA) is 29.1 Å². The Morgan fingerprint density at radius 3 is 2.59 bits per heavy atom. The number of amides is 1. The van der Waals surface area contributed by atoms with Crippen LogP contribution in [0, 0.1) is 11.7 Å². The number of hydrogen-bond donors (Lipinski definition) is 1. The molecule has 0 spiro atoms. The minimum atomic E-state index is -0.504. The van der Waals surface area contributed by atoms with Gasteiger partial charge in [0.15, 0.2) is 0 Å². The zero-order chi connectivity index (χ0) is 13.0. The molecule has 0 bridgehead atoms. The average molecular weight is 302 g/mol. The fraction of sp³-hybridized carbons (Fsp3) is 0.462. The zero-order valence-electron chi connectivity index (χ0n) is 10.3. The van der Waals surface area contributed by atoms with E-state index in [1.165, 1.54) is 6.07 Å². The first kappa shape index (κ1) is 14.2. The predicted octanol–water partition coefficient (Wildman–Crippen LogP) is 3.75. The van der Waals surface area contributed by atoms with Gasteiger partial charge in [0.05, 0.1) is 5.56 Å². The molecule has 0 saturated carbocycles. The minimum absolute atomic E-state index is 0.0639. The summed E-state index contributed by atoms with van der Waals surface area (Å²) in [5.41, 5.74) is 0.0756. The van der Waals surface area contributed by atoms with Gasteiger partial charge >= 0.3 is 0 Å². The van der Waals surface area contributed by atoms with Crippen molar-refractivity contribution in [3.63, 3.8) is 0 Å². The summed E-state index contributed by atoms with van der Waals surface area (Å²) in [6.07, 6.45) is 0.829. The summed E-state index contributed by atoms with van der Waals surface area (Å²) < 4.78 is 14.0. The maximum absolute atomic E-state index is 13.6. The molecule has 1 rings (SSSR count). The molecule has 4 heteroatoms. The number of nitrogens with one attached hydrogen (secondary N) is 1. The van der Waals surface area contributed by atoms with Gasteiger partial charge in [-0.05, 0) is 40.4 Å². The molecule has 0 saturated heterocycles. The normalized spacial score (nSPS) is 12.6. The van der Waals surface area contributed by atoms with Crippen molar-refractivity contribution in [2.45, 2.75) is 33.2 Å². The van der Waals surface area contributed by atoms with Crippen molar-refractivity contribution in [1.29, 1.82) is 0 Å². The molecule has 0 aromatic heterocycles. The van der Waals surface area contributed by atoms with E-state index >= 15 is 0 Å². The number of hydrogen-bond acceptors (Lipinski definition) is 1. The van der Waals surface area contributed by atoms with Gasteiger partial charge in [-0.25, -0.2) is 4.39 Å². The van der Waals surface area contributed by atoms with Crippen molar-refractivity contribution < 1.29 is 9.18 Å². The molecular formula is C13H17BrFNO. The summed E-state index contributed by atoms with van der Waals surface area (Å²) in [5.74, 6) is -0.541. The number of carbonyl (C=O) groups excluding carboxylic acids is 1. The second kappa shape index (κ2) is 6.15. The van der Waals surface area contributed by atoms with Crippen LogP contribution in [0.4, 0.5) is 4.39 Å². The third-order valence-electron chi connectivity index (χ3n) is 2.75. The Balaban J connectivity index is 2.90. The van der Waals surface area contributed by atoms with Gasteiger partial charge in [0.2, 0.25) is 0 Å². The lowest BCUT2D eigenvalue weighted by Gasteiger charge is -2.21. The quantitative estimate of drug-likeness (QED) is 0.901. The first-order valence-electron chi connectivity index (χ1n) is 5.72. The van der Waals surface area contributed by atoms with Crippen LogP contribution in [0.25, 0.3) is 0 Å². The highest BCUT2D eigenvalue weighted by Crippen LogP contribution is 2.20. The van der Waals surface area contributed by atoms with E-state index in [0.717, 1.165) is 6.42 Å². The maximum atomic E-state index is 13.6. The van der Waals surface area contributed by atoms with E-state index in [9.17, 15) is 9.18 Å². The molecule has 0 aliphatic rings. The van der Waals surface area contributed by atoms with E-state index < -0.39 is 5.82 Å². The second-order valence-electron chi connectivity index (χ2n) is 4.33. The lowest BCUT2D eigenvalue weighted by molar-refractivity contribution is 0.0919. The molecule has 0 fully saturated rings. The van der Waals surface area contributed by atoms with E-state index in [1.54, 1.807) is 12.1 Å². The molecule has 1 amide bonds. The van der Waals surface area contributed by atoms with Crippen LogP contribution < -0.4 is 5.32 Å². The highest BCUT2D eigenvalue weighted by atomic mass is 79.9. The SMILES string of the molecule is CCC(NC(=O)c1c(F)cccc1Br)C(C)C. The van der Waals surface area contributed by atoms with Crippen LogP contribution in [0.3, 0.4) is 0 Å². The number of benzene rings is 1. The predicted molar refractivity (Wildman–Crippen MR) is 70.5 cm³/mol. The first-order chi connectivity index (χ1) is 7.97. The molecule has 1 aromatic rings. The van der Waals surface area contributed by atoms with Crippen LogP contribution in [0.1, 0.15) is 37.6 Å². The molecule has 17 heavy (non-hydrogen) atoms. The van der Waals surface area contributed by atoms with Gasteiger partial charge in [-0.2, -0.15) is 0 Å². The summed E-state index contributed by atoms with van der Waals surface area (Å²) in [4.78, 5) is 12.0. The largest absolute Gasteiger partial charge is 0.349 e. The fourth-order valence-corrected chi connectivity index (χ4v) is 2.22. The van der Waals surface area contributed by atoms with Gasteiger partial charge in [0.1, 0.15) is 5.82 Å². The van der Waals surface area contributed by atoms with Crippen LogP contribution in [0.15, 0.2) is 22.7 Å². The summed E-state index contributed by atoms with van der Waals surface area (Å²) in [6, 6.07) is 4.58. The Labute approximate surface area is 110 Å². The number of halogens is 2. The van der Waals surface area contributed by atoms with Crippen molar-refractivity contribution in [3.05, 3.63) is 34.1 Å². The number of rotatable bonds is 4. The van der Waals surface area contributed by atoms with Crippen molar-refractivity contribution >= 4 is 21.8 Å². The third-order valence-corrected chi connectivity index (χ3v) is 3.41. The lowest BCUT2D eigenvalue weighted by Crippen LogP contribution is -2.38. The highest BCUT2D eigenvalue weighted by molar-refractivity contribution is 9.10. The zero-order valence-corrected chi connectivity index (χ0v) is 11.8. The average Bonchev–Trinajstić information content (AvgIpc) is 2.25.